The Morgan fingerprint density at radius 1 is 1.16 bits per heavy atom. The first kappa shape index (κ1) is 19.7. The van der Waals surface area contributed by atoms with Crippen LogP contribution < -0.4 is 14.4 Å². The lowest BCUT2D eigenvalue weighted by Crippen LogP contribution is -2.48. The summed E-state index contributed by atoms with van der Waals surface area (Å²) in [5.41, 5.74) is 3.83. The van der Waals surface area contributed by atoms with E-state index in [0.29, 0.717) is 19.0 Å². The van der Waals surface area contributed by atoms with Crippen LogP contribution >= 0.6 is 0 Å². The average molecular weight is 421 g/mol. The van der Waals surface area contributed by atoms with Crippen LogP contribution in [-0.2, 0) is 11.2 Å². The molecule has 0 radical (unpaired) electrons. The number of likely N-dealkylation sites (N-methyl/N-ethyl adjacent to an activating group) is 1. The lowest BCUT2D eigenvalue weighted by atomic mass is 9.86. The minimum absolute atomic E-state index is 0.0147. The summed E-state index contributed by atoms with van der Waals surface area (Å²) in [6, 6.07) is 12.2. The second kappa shape index (κ2) is 7.80. The number of methoxy groups -OCH3 is 2. The number of amides is 1. The first-order chi connectivity index (χ1) is 15.1. The molecule has 7 heteroatoms. The number of carbonyl (C=O) groups is 1. The molecule has 2 unspecified atom stereocenters. The van der Waals surface area contributed by atoms with E-state index in [1.165, 1.54) is 5.56 Å². The van der Waals surface area contributed by atoms with Gasteiger partial charge in [0, 0.05) is 31.6 Å². The van der Waals surface area contributed by atoms with Gasteiger partial charge in [-0.05, 0) is 43.0 Å². The van der Waals surface area contributed by atoms with Gasteiger partial charge in [-0.2, -0.15) is 4.98 Å². The van der Waals surface area contributed by atoms with Crippen molar-refractivity contribution in [1.82, 2.24) is 9.88 Å². The molecule has 1 aromatic heterocycles. The van der Waals surface area contributed by atoms with Crippen LogP contribution in [0.4, 0.5) is 6.01 Å². The lowest BCUT2D eigenvalue weighted by molar-refractivity contribution is -0.133. The lowest BCUT2D eigenvalue weighted by Gasteiger charge is -2.43. The zero-order valence-corrected chi connectivity index (χ0v) is 18.1. The molecule has 0 aliphatic carbocycles. The van der Waals surface area contributed by atoms with Crippen molar-refractivity contribution in [2.45, 2.75) is 37.8 Å². The Kier molecular flexibility index (Phi) is 4.96. The highest BCUT2D eigenvalue weighted by Crippen LogP contribution is 2.45. The SMILES string of the molecule is COc1cc2c(c(OC)c1)C1C(N(C)c3nc4ccccc4o3)CCCC(=O)N1CC2. The summed E-state index contributed by atoms with van der Waals surface area (Å²) >= 11 is 0. The Morgan fingerprint density at radius 3 is 2.77 bits per heavy atom. The highest BCUT2D eigenvalue weighted by atomic mass is 16.5. The van der Waals surface area contributed by atoms with E-state index in [1.54, 1.807) is 14.2 Å². The van der Waals surface area contributed by atoms with Gasteiger partial charge in [-0.15, -0.1) is 0 Å². The second-order valence-corrected chi connectivity index (χ2v) is 8.22. The molecule has 1 saturated heterocycles. The zero-order valence-electron chi connectivity index (χ0n) is 18.1. The van der Waals surface area contributed by atoms with Crippen LogP contribution in [0.25, 0.3) is 11.1 Å². The number of carbonyl (C=O) groups excluding carboxylic acids is 1. The third kappa shape index (κ3) is 3.28. The molecule has 2 aromatic carbocycles. The van der Waals surface area contributed by atoms with Crippen molar-refractivity contribution >= 4 is 23.0 Å². The number of anilines is 1. The molecule has 0 N–H and O–H groups in total. The molecule has 0 saturated carbocycles. The molecule has 0 spiro atoms. The van der Waals surface area contributed by atoms with E-state index in [2.05, 4.69) is 11.0 Å². The molecule has 162 valence electrons. The number of rotatable bonds is 4. The van der Waals surface area contributed by atoms with E-state index >= 15 is 0 Å². The van der Waals surface area contributed by atoms with Crippen molar-refractivity contribution in [3.8, 4) is 11.5 Å². The molecule has 1 fully saturated rings. The monoisotopic (exact) mass is 421 g/mol. The van der Waals surface area contributed by atoms with Gasteiger partial charge in [0.2, 0.25) is 5.91 Å². The standard InChI is InChI=1S/C24H27N3O4/c1-26(24-25-17-7-4-5-9-19(17)31-24)18-8-6-10-21(28)27-12-11-15-13-16(29-2)14-20(30-3)22(15)23(18)27/h4-5,7,9,13-14,18,23H,6,8,10-12H2,1-3H3. The van der Waals surface area contributed by atoms with E-state index in [-0.39, 0.29) is 18.0 Å². The summed E-state index contributed by atoms with van der Waals surface area (Å²) in [5, 5.41) is 0. The van der Waals surface area contributed by atoms with Crippen LogP contribution in [0.1, 0.15) is 36.4 Å². The quantitative estimate of drug-likeness (QED) is 0.635. The molecule has 31 heavy (non-hydrogen) atoms. The maximum Gasteiger partial charge on any atom is 0.298 e. The van der Waals surface area contributed by atoms with Gasteiger partial charge < -0.3 is 23.7 Å². The third-order valence-electron chi connectivity index (χ3n) is 6.57. The first-order valence-electron chi connectivity index (χ1n) is 10.7. The predicted molar refractivity (Wildman–Crippen MR) is 118 cm³/mol. The molecule has 7 nitrogen and oxygen atoms in total. The summed E-state index contributed by atoms with van der Waals surface area (Å²) in [5.74, 6) is 1.73. The van der Waals surface area contributed by atoms with Crippen LogP contribution in [0.15, 0.2) is 40.8 Å². The Morgan fingerprint density at radius 2 is 2.00 bits per heavy atom. The maximum atomic E-state index is 13.0. The Bertz CT molecular complexity index is 1070. The molecule has 5 rings (SSSR count). The molecule has 2 aliphatic heterocycles. The number of oxazole rings is 1. The van der Waals surface area contributed by atoms with Gasteiger partial charge in [0.25, 0.3) is 6.01 Å². The number of nitrogens with zero attached hydrogens (tertiary/aromatic N) is 3. The largest absolute Gasteiger partial charge is 0.497 e. The molecule has 1 amide bonds. The average Bonchev–Trinajstić information content (AvgIpc) is 3.16. The molecule has 3 aromatic rings. The van der Waals surface area contributed by atoms with Gasteiger partial charge in [-0.3, -0.25) is 4.79 Å². The highest BCUT2D eigenvalue weighted by molar-refractivity contribution is 5.78. The van der Waals surface area contributed by atoms with Crippen molar-refractivity contribution in [3.05, 3.63) is 47.5 Å². The number of fused-ring (bicyclic) bond motifs is 4. The molecular weight excluding hydrogens is 394 g/mol. The van der Waals surface area contributed by atoms with Crippen molar-refractivity contribution < 1.29 is 18.7 Å². The van der Waals surface area contributed by atoms with Gasteiger partial charge in [0.05, 0.1) is 26.3 Å². The molecule has 0 bridgehead atoms. The number of para-hydroxylation sites is 2. The molecule has 2 aliphatic rings. The Labute approximate surface area is 181 Å². The summed E-state index contributed by atoms with van der Waals surface area (Å²) in [6.07, 6.45) is 3.03. The van der Waals surface area contributed by atoms with E-state index in [4.69, 9.17) is 18.9 Å². The van der Waals surface area contributed by atoms with Gasteiger partial charge in [-0.25, -0.2) is 0 Å². The van der Waals surface area contributed by atoms with E-state index in [9.17, 15) is 4.79 Å². The summed E-state index contributed by atoms with van der Waals surface area (Å²) in [7, 11) is 5.34. The predicted octanol–water partition coefficient (Wildman–Crippen LogP) is 3.96. The van der Waals surface area contributed by atoms with Crippen LogP contribution in [-0.4, -0.2) is 49.6 Å². The van der Waals surface area contributed by atoms with Gasteiger partial charge in [0.15, 0.2) is 5.58 Å². The topological polar surface area (TPSA) is 68.0 Å². The van der Waals surface area contributed by atoms with Crippen molar-refractivity contribution in [1.29, 1.82) is 0 Å². The van der Waals surface area contributed by atoms with Crippen LogP contribution in [0.5, 0.6) is 11.5 Å². The maximum absolute atomic E-state index is 13.0. The van der Waals surface area contributed by atoms with Gasteiger partial charge >= 0.3 is 0 Å². The summed E-state index contributed by atoms with van der Waals surface area (Å²) in [4.78, 5) is 21.8. The fourth-order valence-electron chi connectivity index (χ4n) is 5.02. The fraction of sp³-hybridized carbons (Fsp3) is 0.417. The Balaban J connectivity index is 1.62. The molecule has 2 atom stereocenters. The number of hydrogen-bond acceptors (Lipinski definition) is 6. The fourth-order valence-corrected chi connectivity index (χ4v) is 5.02. The normalized spacial score (nSPS) is 20.7. The van der Waals surface area contributed by atoms with Crippen LogP contribution in [0, 0.1) is 0 Å². The number of benzene rings is 2. The van der Waals surface area contributed by atoms with E-state index in [0.717, 1.165) is 47.4 Å². The number of ether oxygens (including phenoxy) is 2. The molecular formula is C24H27N3O4. The number of aromatic nitrogens is 1. The van der Waals surface area contributed by atoms with E-state index < -0.39 is 0 Å². The second-order valence-electron chi connectivity index (χ2n) is 8.22. The van der Waals surface area contributed by atoms with Crippen LogP contribution in [0.2, 0.25) is 0 Å². The summed E-state index contributed by atoms with van der Waals surface area (Å²) < 4.78 is 17.3. The van der Waals surface area contributed by atoms with E-state index in [1.807, 2.05) is 42.3 Å². The highest BCUT2D eigenvalue weighted by Gasteiger charge is 2.42. The Hall–Kier alpha value is -3.22. The van der Waals surface area contributed by atoms with Crippen LogP contribution in [0.3, 0.4) is 0 Å². The third-order valence-corrected chi connectivity index (χ3v) is 6.57. The van der Waals surface area contributed by atoms with Crippen molar-refractivity contribution in [2.75, 3.05) is 32.7 Å². The first-order valence-corrected chi connectivity index (χ1v) is 10.7. The minimum Gasteiger partial charge on any atom is -0.497 e. The molecule has 3 heterocycles. The summed E-state index contributed by atoms with van der Waals surface area (Å²) in [6.45, 7) is 0.685. The minimum atomic E-state index is -0.139. The van der Waals surface area contributed by atoms with Crippen molar-refractivity contribution in [2.24, 2.45) is 0 Å². The van der Waals surface area contributed by atoms with Gasteiger partial charge in [-0.1, -0.05) is 12.1 Å². The van der Waals surface area contributed by atoms with Crippen molar-refractivity contribution in [3.63, 3.8) is 0 Å². The zero-order chi connectivity index (χ0) is 21.5. The smallest absolute Gasteiger partial charge is 0.298 e. The number of hydrogen-bond donors (Lipinski definition) is 0. The van der Waals surface area contributed by atoms with Gasteiger partial charge in [0.1, 0.15) is 17.0 Å².